The molecule has 2 aromatic rings. The van der Waals surface area contributed by atoms with Gasteiger partial charge in [-0.1, -0.05) is 0 Å². The molecule has 0 radical (unpaired) electrons. The first-order valence-corrected chi connectivity index (χ1v) is 6.54. The van der Waals surface area contributed by atoms with Gasteiger partial charge in [0.1, 0.15) is 23.1 Å². The normalized spacial score (nSPS) is 11.2. The van der Waals surface area contributed by atoms with Crippen molar-refractivity contribution in [1.29, 1.82) is 5.26 Å². The number of allylic oxidation sites excluding steroid dienone is 1. The second-order valence-electron chi connectivity index (χ2n) is 4.41. The molecule has 0 spiro atoms. The predicted molar refractivity (Wildman–Crippen MR) is 83.3 cm³/mol. The van der Waals surface area contributed by atoms with Gasteiger partial charge in [0.15, 0.2) is 5.75 Å². The monoisotopic (exact) mass is 328 g/mol. The molecule has 9 heteroatoms. The molecule has 1 aromatic heterocycles. The highest BCUT2D eigenvalue weighted by atomic mass is 16.6. The minimum atomic E-state index is -0.674. The minimum absolute atomic E-state index is 0.0153. The summed E-state index contributed by atoms with van der Waals surface area (Å²) in [5.74, 6) is -0.524. The lowest BCUT2D eigenvalue weighted by atomic mass is 10.1. The third-order valence-electron chi connectivity index (χ3n) is 3.10. The highest BCUT2D eigenvalue weighted by Gasteiger charge is 2.24. The summed E-state index contributed by atoms with van der Waals surface area (Å²) in [6, 6.07) is 4.23. The van der Waals surface area contributed by atoms with Crippen molar-refractivity contribution in [3.8, 4) is 17.6 Å². The molecule has 1 N–H and O–H groups in total. The Labute approximate surface area is 136 Å². The number of nitro benzene ring substituents is 1. The second-order valence-corrected chi connectivity index (χ2v) is 4.41. The molecule has 0 aliphatic heterocycles. The summed E-state index contributed by atoms with van der Waals surface area (Å²) in [6.45, 7) is 0. The molecule has 0 amide bonds. The quantitative estimate of drug-likeness (QED) is 0.383. The Morgan fingerprint density at radius 1 is 1.33 bits per heavy atom. The number of aliphatic hydroxyl groups excluding tert-OH is 1. The van der Waals surface area contributed by atoms with E-state index in [0.717, 1.165) is 6.07 Å². The number of nitro groups is 1. The van der Waals surface area contributed by atoms with Crippen LogP contribution in [0.2, 0.25) is 0 Å². The molecule has 0 aliphatic carbocycles. The molecule has 24 heavy (non-hydrogen) atoms. The number of ether oxygens (including phenoxy) is 2. The first kappa shape index (κ1) is 16.7. The van der Waals surface area contributed by atoms with E-state index in [1.165, 1.54) is 38.9 Å². The van der Waals surface area contributed by atoms with Crippen molar-refractivity contribution in [1.82, 2.24) is 9.97 Å². The van der Waals surface area contributed by atoms with E-state index >= 15 is 0 Å². The van der Waals surface area contributed by atoms with E-state index in [0.29, 0.717) is 0 Å². The lowest BCUT2D eigenvalue weighted by Crippen LogP contribution is -2.00. The number of nitriles is 1. The highest BCUT2D eigenvalue weighted by molar-refractivity contribution is 5.93. The van der Waals surface area contributed by atoms with Gasteiger partial charge >= 0.3 is 5.69 Å². The number of aliphatic hydroxyl groups is 1. The SMILES string of the molecule is COc1cc(/C(O)=C(\C#N)c2cnccn2)cc([N+](=O)[O-])c1OC. The van der Waals surface area contributed by atoms with Crippen molar-refractivity contribution >= 4 is 17.0 Å². The van der Waals surface area contributed by atoms with Crippen molar-refractivity contribution in [2.24, 2.45) is 0 Å². The fraction of sp³-hybridized carbons (Fsp3) is 0.133. The zero-order valence-electron chi connectivity index (χ0n) is 12.8. The Morgan fingerprint density at radius 2 is 2.08 bits per heavy atom. The molecule has 0 unspecified atom stereocenters. The molecule has 0 bridgehead atoms. The fourth-order valence-electron chi connectivity index (χ4n) is 2.02. The van der Waals surface area contributed by atoms with Gasteiger partial charge < -0.3 is 14.6 Å². The van der Waals surface area contributed by atoms with Crippen LogP contribution in [0, 0.1) is 21.4 Å². The van der Waals surface area contributed by atoms with Gasteiger partial charge in [0, 0.05) is 24.0 Å². The standard InChI is InChI=1S/C15H12N4O5/c1-23-13-6-9(5-12(19(21)22)15(13)24-2)14(20)10(7-16)11-8-17-3-4-18-11/h3-6,8,20H,1-2H3/b14-10-. The summed E-state index contributed by atoms with van der Waals surface area (Å²) in [4.78, 5) is 18.3. The van der Waals surface area contributed by atoms with Crippen molar-refractivity contribution in [2.75, 3.05) is 14.2 Å². The second kappa shape index (κ2) is 7.06. The summed E-state index contributed by atoms with van der Waals surface area (Å²) in [5, 5.41) is 30.9. The molecule has 0 aliphatic rings. The van der Waals surface area contributed by atoms with E-state index in [1.54, 1.807) is 0 Å². The molecule has 122 valence electrons. The number of hydrogen-bond acceptors (Lipinski definition) is 8. The third-order valence-corrected chi connectivity index (χ3v) is 3.10. The zero-order valence-corrected chi connectivity index (χ0v) is 12.8. The first-order valence-electron chi connectivity index (χ1n) is 6.54. The largest absolute Gasteiger partial charge is 0.506 e. The maximum absolute atomic E-state index is 11.2. The van der Waals surface area contributed by atoms with Crippen LogP contribution in [0.5, 0.6) is 11.5 Å². The van der Waals surface area contributed by atoms with Crippen LogP contribution >= 0.6 is 0 Å². The lowest BCUT2D eigenvalue weighted by molar-refractivity contribution is -0.385. The summed E-state index contributed by atoms with van der Waals surface area (Å²) in [5.41, 5.74) is -0.434. The van der Waals surface area contributed by atoms with Crippen molar-refractivity contribution in [3.63, 3.8) is 0 Å². The van der Waals surface area contributed by atoms with Crippen LogP contribution in [0.15, 0.2) is 30.7 Å². The van der Waals surface area contributed by atoms with E-state index in [1.807, 2.05) is 6.07 Å². The lowest BCUT2D eigenvalue weighted by Gasteiger charge is -2.11. The van der Waals surface area contributed by atoms with E-state index < -0.39 is 16.4 Å². The topological polar surface area (TPSA) is 131 Å². The Bertz CT molecular complexity index is 843. The molecule has 0 atom stereocenters. The molecule has 0 saturated heterocycles. The predicted octanol–water partition coefficient (Wildman–Crippen LogP) is 2.35. The van der Waals surface area contributed by atoms with Gasteiger partial charge in [0.05, 0.1) is 25.3 Å². The minimum Gasteiger partial charge on any atom is -0.506 e. The molecule has 1 heterocycles. The van der Waals surface area contributed by atoms with Gasteiger partial charge in [-0.25, -0.2) is 0 Å². The summed E-state index contributed by atoms with van der Waals surface area (Å²) < 4.78 is 10.0. The molecule has 0 saturated carbocycles. The van der Waals surface area contributed by atoms with Crippen molar-refractivity contribution in [2.45, 2.75) is 0 Å². The Balaban J connectivity index is 2.71. The van der Waals surface area contributed by atoms with Crippen LogP contribution < -0.4 is 9.47 Å². The number of aromatic nitrogens is 2. The molecule has 9 nitrogen and oxygen atoms in total. The van der Waals surface area contributed by atoms with Crippen LogP contribution in [0.4, 0.5) is 5.69 Å². The number of rotatable bonds is 5. The maximum atomic E-state index is 11.2. The van der Waals surface area contributed by atoms with E-state index in [4.69, 9.17) is 9.47 Å². The number of nitrogens with zero attached hydrogens (tertiary/aromatic N) is 4. The highest BCUT2D eigenvalue weighted by Crippen LogP contribution is 2.40. The van der Waals surface area contributed by atoms with Crippen LogP contribution in [0.25, 0.3) is 11.3 Å². The molecular formula is C15H12N4O5. The smallest absolute Gasteiger partial charge is 0.315 e. The van der Waals surface area contributed by atoms with Gasteiger partial charge in [0.2, 0.25) is 5.75 Å². The van der Waals surface area contributed by atoms with Crippen molar-refractivity contribution < 1.29 is 19.5 Å². The van der Waals surface area contributed by atoms with Crippen LogP contribution in [0.3, 0.4) is 0 Å². The van der Waals surface area contributed by atoms with Gasteiger partial charge in [0.25, 0.3) is 0 Å². The summed E-state index contributed by atoms with van der Waals surface area (Å²) in [7, 11) is 2.57. The average Bonchev–Trinajstić information content (AvgIpc) is 2.61. The Hall–Kier alpha value is -3.67. The Morgan fingerprint density at radius 3 is 2.58 bits per heavy atom. The van der Waals surface area contributed by atoms with Gasteiger partial charge in [-0.05, 0) is 6.07 Å². The van der Waals surface area contributed by atoms with E-state index in [9.17, 15) is 20.5 Å². The van der Waals surface area contributed by atoms with Crippen LogP contribution in [0.1, 0.15) is 11.3 Å². The van der Waals surface area contributed by atoms with Crippen LogP contribution in [-0.2, 0) is 0 Å². The number of benzene rings is 1. The molecule has 2 rings (SSSR count). The Kier molecular flexibility index (Phi) is 4.91. The third kappa shape index (κ3) is 3.07. The fourth-order valence-corrected chi connectivity index (χ4v) is 2.02. The van der Waals surface area contributed by atoms with E-state index in [-0.39, 0.29) is 28.3 Å². The number of hydrogen-bond donors (Lipinski definition) is 1. The molecule has 1 aromatic carbocycles. The van der Waals surface area contributed by atoms with Gasteiger partial charge in [-0.15, -0.1) is 0 Å². The first-order chi connectivity index (χ1) is 11.5. The maximum Gasteiger partial charge on any atom is 0.315 e. The van der Waals surface area contributed by atoms with E-state index in [2.05, 4.69) is 9.97 Å². The average molecular weight is 328 g/mol. The van der Waals surface area contributed by atoms with Gasteiger partial charge in [-0.2, -0.15) is 5.26 Å². The molecule has 0 fully saturated rings. The van der Waals surface area contributed by atoms with Crippen LogP contribution in [-0.4, -0.2) is 34.2 Å². The van der Waals surface area contributed by atoms with Crippen molar-refractivity contribution in [3.05, 3.63) is 52.1 Å². The van der Waals surface area contributed by atoms with Gasteiger partial charge in [-0.3, -0.25) is 20.1 Å². The summed E-state index contributed by atoms with van der Waals surface area (Å²) in [6.07, 6.45) is 4.07. The number of methoxy groups -OCH3 is 2. The summed E-state index contributed by atoms with van der Waals surface area (Å²) >= 11 is 0. The molecular weight excluding hydrogens is 316 g/mol. The zero-order chi connectivity index (χ0) is 17.7.